The van der Waals surface area contributed by atoms with Crippen LogP contribution in [0.4, 0.5) is 0 Å². The second kappa shape index (κ2) is 9.51. The second-order valence-electron chi connectivity index (χ2n) is 11.4. The van der Waals surface area contributed by atoms with E-state index in [4.69, 9.17) is 9.72 Å². The number of ether oxygens (including phenoxy) is 1. The van der Waals surface area contributed by atoms with E-state index in [2.05, 4.69) is 66.0 Å². The Balaban J connectivity index is 1.04. The summed E-state index contributed by atoms with van der Waals surface area (Å²) in [5.41, 5.74) is 3.09. The Labute approximate surface area is 213 Å². The van der Waals surface area contributed by atoms with Gasteiger partial charge in [-0.25, -0.2) is 0 Å². The lowest BCUT2D eigenvalue weighted by molar-refractivity contribution is -0.156. The third-order valence-electron chi connectivity index (χ3n) is 9.31. The van der Waals surface area contributed by atoms with Crippen LogP contribution >= 0.6 is 0 Å². The van der Waals surface area contributed by atoms with E-state index in [1.165, 1.54) is 18.4 Å². The SMILES string of the molecule is O=C(O)C12CCC(NCc3ccc4cc(O[C@H]5CC[C@@H](c6ccccc6)CC5)ccc4n3)(CC1)CC2. The molecule has 0 atom stereocenters. The van der Waals surface area contributed by atoms with E-state index < -0.39 is 11.4 Å². The molecule has 36 heavy (non-hydrogen) atoms. The van der Waals surface area contributed by atoms with E-state index in [9.17, 15) is 9.90 Å². The molecular formula is C31H36N2O3. The second-order valence-corrected chi connectivity index (χ2v) is 11.4. The fraction of sp³-hybridized carbons (Fsp3) is 0.484. The zero-order valence-electron chi connectivity index (χ0n) is 20.9. The van der Waals surface area contributed by atoms with Crippen LogP contribution in [0.2, 0.25) is 0 Å². The van der Waals surface area contributed by atoms with Gasteiger partial charge in [0.15, 0.2) is 0 Å². The predicted molar refractivity (Wildman–Crippen MR) is 141 cm³/mol. The molecule has 4 fully saturated rings. The molecule has 0 amide bonds. The summed E-state index contributed by atoms with van der Waals surface area (Å²) in [6.45, 7) is 0.721. The number of nitrogens with one attached hydrogen (secondary N) is 1. The number of aromatic nitrogens is 1. The van der Waals surface area contributed by atoms with Gasteiger partial charge in [-0.1, -0.05) is 36.4 Å². The molecule has 0 spiro atoms. The summed E-state index contributed by atoms with van der Waals surface area (Å²) in [4.78, 5) is 16.6. The number of benzene rings is 2. The summed E-state index contributed by atoms with van der Waals surface area (Å²) in [7, 11) is 0. The zero-order valence-corrected chi connectivity index (χ0v) is 20.9. The number of carboxylic acids is 1. The van der Waals surface area contributed by atoms with Crippen LogP contribution < -0.4 is 10.1 Å². The van der Waals surface area contributed by atoms with Crippen molar-refractivity contribution < 1.29 is 14.6 Å². The zero-order chi connectivity index (χ0) is 24.6. The lowest BCUT2D eigenvalue weighted by Gasteiger charge is -2.51. The Morgan fingerprint density at radius 3 is 2.33 bits per heavy atom. The van der Waals surface area contributed by atoms with Crippen molar-refractivity contribution in [3.8, 4) is 5.75 Å². The molecule has 0 saturated heterocycles. The maximum Gasteiger partial charge on any atom is 0.309 e. The van der Waals surface area contributed by atoms with Crippen LogP contribution in [-0.2, 0) is 11.3 Å². The Kier molecular flexibility index (Phi) is 6.20. The van der Waals surface area contributed by atoms with Gasteiger partial charge in [-0.15, -0.1) is 0 Å². The molecule has 5 heteroatoms. The molecule has 0 radical (unpaired) electrons. The van der Waals surface area contributed by atoms with Crippen LogP contribution in [0.25, 0.3) is 10.9 Å². The number of rotatable bonds is 7. The van der Waals surface area contributed by atoms with E-state index in [-0.39, 0.29) is 11.6 Å². The molecule has 1 aromatic heterocycles. The fourth-order valence-corrected chi connectivity index (χ4v) is 6.80. The first-order valence-electron chi connectivity index (χ1n) is 13.6. The highest BCUT2D eigenvalue weighted by atomic mass is 16.5. The van der Waals surface area contributed by atoms with Crippen molar-refractivity contribution in [3.05, 3.63) is 71.9 Å². The van der Waals surface area contributed by atoms with Crippen molar-refractivity contribution in [1.82, 2.24) is 10.3 Å². The largest absolute Gasteiger partial charge is 0.490 e. The van der Waals surface area contributed by atoms with E-state index in [0.717, 1.165) is 80.3 Å². The number of fused-ring (bicyclic) bond motifs is 4. The van der Waals surface area contributed by atoms with Crippen molar-refractivity contribution in [2.45, 2.75) is 88.3 Å². The van der Waals surface area contributed by atoms with E-state index in [1.54, 1.807) is 0 Å². The molecule has 5 nitrogen and oxygen atoms in total. The minimum absolute atomic E-state index is 0.0745. The maximum absolute atomic E-state index is 11.7. The Hall–Kier alpha value is -2.92. The van der Waals surface area contributed by atoms with Gasteiger partial charge in [0.05, 0.1) is 22.7 Å². The summed E-state index contributed by atoms with van der Waals surface area (Å²) < 4.78 is 6.38. The van der Waals surface area contributed by atoms with Crippen LogP contribution in [0.3, 0.4) is 0 Å². The molecule has 4 saturated carbocycles. The number of carboxylic acid groups (broad SMARTS) is 1. The summed E-state index contributed by atoms with van der Waals surface area (Å²) in [5.74, 6) is 0.985. The molecule has 4 aliphatic carbocycles. The number of pyridine rings is 1. The normalized spacial score (nSPS) is 29.8. The number of hydrogen-bond donors (Lipinski definition) is 2. The molecule has 4 aliphatic rings. The Morgan fingerprint density at radius 1 is 0.917 bits per heavy atom. The molecule has 1 heterocycles. The van der Waals surface area contributed by atoms with Crippen molar-refractivity contribution in [2.24, 2.45) is 5.41 Å². The van der Waals surface area contributed by atoms with Gasteiger partial charge in [-0.05, 0) is 100.0 Å². The van der Waals surface area contributed by atoms with Gasteiger partial charge in [0, 0.05) is 17.5 Å². The molecule has 2 bridgehead atoms. The van der Waals surface area contributed by atoms with Crippen LogP contribution in [0.5, 0.6) is 5.75 Å². The molecule has 0 unspecified atom stereocenters. The highest BCUT2D eigenvalue weighted by Gasteiger charge is 2.52. The van der Waals surface area contributed by atoms with Crippen molar-refractivity contribution in [2.75, 3.05) is 0 Å². The van der Waals surface area contributed by atoms with Gasteiger partial charge < -0.3 is 15.2 Å². The van der Waals surface area contributed by atoms with Crippen LogP contribution in [0.1, 0.15) is 81.4 Å². The quantitative estimate of drug-likeness (QED) is 0.395. The van der Waals surface area contributed by atoms with E-state index >= 15 is 0 Å². The Morgan fingerprint density at radius 2 is 1.64 bits per heavy atom. The number of carbonyl (C=O) groups is 1. The molecule has 2 N–H and O–H groups in total. The average Bonchev–Trinajstić information content (AvgIpc) is 2.94. The summed E-state index contributed by atoms with van der Waals surface area (Å²) in [6.07, 6.45) is 10.0. The fourth-order valence-electron chi connectivity index (χ4n) is 6.80. The van der Waals surface area contributed by atoms with Crippen LogP contribution in [-0.4, -0.2) is 27.7 Å². The van der Waals surface area contributed by atoms with Crippen molar-refractivity contribution in [1.29, 1.82) is 0 Å². The van der Waals surface area contributed by atoms with Crippen molar-refractivity contribution >= 4 is 16.9 Å². The molecule has 0 aliphatic heterocycles. The molecular weight excluding hydrogens is 448 g/mol. The van der Waals surface area contributed by atoms with E-state index in [1.807, 2.05) is 0 Å². The average molecular weight is 485 g/mol. The number of hydrogen-bond acceptors (Lipinski definition) is 4. The summed E-state index contributed by atoms with van der Waals surface area (Å²) in [5, 5.41) is 14.5. The lowest BCUT2D eigenvalue weighted by atomic mass is 9.57. The minimum Gasteiger partial charge on any atom is -0.490 e. The smallest absolute Gasteiger partial charge is 0.309 e. The van der Waals surface area contributed by atoms with Crippen LogP contribution in [0.15, 0.2) is 60.7 Å². The summed E-state index contributed by atoms with van der Waals surface area (Å²) >= 11 is 0. The standard InChI is InChI=1S/C31H36N2O3/c34-29(35)30-14-17-31(18-15-30,19-16-30)32-21-25-9-6-24-20-27(12-13-28(24)33-25)36-26-10-7-23(8-11-26)22-4-2-1-3-5-22/h1-6,9,12-13,20,23,26,32H,7-8,10-11,14-19,21H2,(H,34,35)/t23-,26+,30?,31?. The number of aliphatic carboxylic acids is 1. The minimum atomic E-state index is -0.602. The van der Waals surface area contributed by atoms with Crippen LogP contribution in [0, 0.1) is 5.41 Å². The van der Waals surface area contributed by atoms with E-state index in [0.29, 0.717) is 5.92 Å². The highest BCUT2D eigenvalue weighted by molar-refractivity contribution is 5.80. The number of nitrogens with zero attached hydrogens (tertiary/aromatic N) is 1. The Bertz CT molecular complexity index is 1210. The summed E-state index contributed by atoms with van der Waals surface area (Å²) in [6, 6.07) is 21.4. The van der Waals surface area contributed by atoms with Crippen molar-refractivity contribution in [3.63, 3.8) is 0 Å². The molecule has 188 valence electrons. The maximum atomic E-state index is 11.7. The van der Waals surface area contributed by atoms with Gasteiger partial charge >= 0.3 is 5.97 Å². The molecule has 7 rings (SSSR count). The molecule has 2 aromatic carbocycles. The lowest BCUT2D eigenvalue weighted by Crippen LogP contribution is -2.56. The predicted octanol–water partition coefficient (Wildman–Crippen LogP) is 6.61. The van der Waals surface area contributed by atoms with Gasteiger partial charge in [-0.3, -0.25) is 9.78 Å². The monoisotopic (exact) mass is 484 g/mol. The first kappa shape index (κ1) is 23.5. The van der Waals surface area contributed by atoms with Gasteiger partial charge in [0.25, 0.3) is 0 Å². The van der Waals surface area contributed by atoms with Gasteiger partial charge in [0.1, 0.15) is 5.75 Å². The van der Waals surface area contributed by atoms with Gasteiger partial charge in [0.2, 0.25) is 0 Å². The first-order valence-corrected chi connectivity index (χ1v) is 13.6. The third kappa shape index (κ3) is 4.61. The van der Waals surface area contributed by atoms with Gasteiger partial charge in [-0.2, -0.15) is 0 Å². The third-order valence-corrected chi connectivity index (χ3v) is 9.31. The molecule has 3 aromatic rings. The first-order chi connectivity index (χ1) is 17.5. The topological polar surface area (TPSA) is 71.5 Å². The highest BCUT2D eigenvalue weighted by Crippen LogP contribution is 2.52.